The first-order valence-corrected chi connectivity index (χ1v) is 10.7. The number of hydrogen-bond donors (Lipinski definition) is 0. The molecule has 140 valence electrons. The summed E-state index contributed by atoms with van der Waals surface area (Å²) in [6.45, 7) is 0. The Balaban J connectivity index is 1.75. The maximum atomic E-state index is 4.99. The van der Waals surface area contributed by atoms with Crippen molar-refractivity contribution in [1.82, 2.24) is 14.8 Å². The lowest BCUT2D eigenvalue weighted by molar-refractivity contribution is 0.901. The molecule has 0 unspecified atom stereocenters. The fourth-order valence-corrected chi connectivity index (χ4v) is 3.88. The van der Waals surface area contributed by atoms with Crippen LogP contribution >= 0.6 is 31.9 Å². The van der Waals surface area contributed by atoms with E-state index in [-0.39, 0.29) is 0 Å². The lowest BCUT2D eigenvalue weighted by Crippen LogP contribution is -1.98. The van der Waals surface area contributed by atoms with Gasteiger partial charge in [0.15, 0.2) is 5.65 Å². The van der Waals surface area contributed by atoms with Gasteiger partial charge >= 0.3 is 0 Å². The molecule has 0 aliphatic heterocycles. The first-order chi connectivity index (χ1) is 14.2. The molecule has 0 fully saturated rings. The number of fused-ring (bicyclic) bond motifs is 1. The van der Waals surface area contributed by atoms with Gasteiger partial charge in [0.1, 0.15) is 5.69 Å². The van der Waals surface area contributed by atoms with Crippen molar-refractivity contribution < 1.29 is 0 Å². The maximum absolute atomic E-state index is 4.99. The van der Waals surface area contributed by atoms with Crippen LogP contribution in [0, 0.1) is 0 Å². The van der Waals surface area contributed by atoms with Crippen LogP contribution in [0.15, 0.2) is 99.9 Å². The fraction of sp³-hybridized carbons (Fsp3) is 0. The number of aromatic nitrogens is 3. The van der Waals surface area contributed by atoms with Crippen LogP contribution in [0.4, 0.5) is 0 Å². The van der Waals surface area contributed by atoms with E-state index in [1.165, 1.54) is 0 Å². The average Bonchev–Trinajstić information content (AvgIpc) is 3.14. The zero-order valence-electron chi connectivity index (χ0n) is 15.3. The zero-order chi connectivity index (χ0) is 19.8. The fourth-order valence-electron chi connectivity index (χ4n) is 3.35. The highest BCUT2D eigenvalue weighted by molar-refractivity contribution is 9.10. The molecule has 5 heteroatoms. The van der Waals surface area contributed by atoms with Crippen LogP contribution in [-0.4, -0.2) is 14.8 Å². The second kappa shape index (κ2) is 7.58. The van der Waals surface area contributed by atoms with Crippen molar-refractivity contribution in [1.29, 1.82) is 0 Å². The molecular weight excluding hydrogens is 490 g/mol. The van der Waals surface area contributed by atoms with Gasteiger partial charge in [-0.15, -0.1) is 0 Å². The standard InChI is InChI=1S/C24H15Br2N3/c25-18-10-6-16(7-11-18)22-15-14-21-23(17-8-12-19(26)13-9-17)28-29(24(21)27-22)20-4-2-1-3-5-20/h1-15H. The van der Waals surface area contributed by atoms with Gasteiger partial charge in [0, 0.05) is 25.5 Å². The van der Waals surface area contributed by atoms with Crippen LogP contribution < -0.4 is 0 Å². The summed E-state index contributed by atoms with van der Waals surface area (Å²) < 4.78 is 4.02. The van der Waals surface area contributed by atoms with Gasteiger partial charge in [-0.1, -0.05) is 74.3 Å². The summed E-state index contributed by atoms with van der Waals surface area (Å²) in [5, 5.41) is 5.96. The average molecular weight is 505 g/mol. The smallest absolute Gasteiger partial charge is 0.164 e. The van der Waals surface area contributed by atoms with E-state index >= 15 is 0 Å². The van der Waals surface area contributed by atoms with Gasteiger partial charge in [-0.2, -0.15) is 5.10 Å². The quantitative estimate of drug-likeness (QED) is 0.258. The van der Waals surface area contributed by atoms with Crippen molar-refractivity contribution in [3.63, 3.8) is 0 Å². The number of nitrogens with zero attached hydrogens (tertiary/aromatic N) is 3. The Bertz CT molecular complexity index is 1290. The number of para-hydroxylation sites is 1. The van der Waals surface area contributed by atoms with Crippen molar-refractivity contribution in [2.75, 3.05) is 0 Å². The molecule has 2 heterocycles. The van der Waals surface area contributed by atoms with Gasteiger partial charge < -0.3 is 0 Å². The van der Waals surface area contributed by atoms with Gasteiger partial charge in [-0.25, -0.2) is 9.67 Å². The second-order valence-corrected chi connectivity index (χ2v) is 8.51. The number of rotatable bonds is 3. The first kappa shape index (κ1) is 18.3. The van der Waals surface area contributed by atoms with Crippen LogP contribution in [0.1, 0.15) is 0 Å². The third kappa shape index (κ3) is 3.52. The first-order valence-electron chi connectivity index (χ1n) is 9.16. The van der Waals surface area contributed by atoms with E-state index in [0.29, 0.717) is 0 Å². The molecule has 3 aromatic carbocycles. The molecule has 0 saturated carbocycles. The molecule has 0 bridgehead atoms. The number of pyridine rings is 1. The molecule has 3 nitrogen and oxygen atoms in total. The lowest BCUT2D eigenvalue weighted by atomic mass is 10.1. The highest BCUT2D eigenvalue weighted by Gasteiger charge is 2.16. The maximum Gasteiger partial charge on any atom is 0.164 e. The normalized spacial score (nSPS) is 11.1. The van der Waals surface area contributed by atoms with Gasteiger partial charge in [0.05, 0.1) is 11.4 Å². The van der Waals surface area contributed by atoms with Gasteiger partial charge in [0.2, 0.25) is 0 Å². The molecule has 0 aliphatic carbocycles. The summed E-state index contributed by atoms with van der Waals surface area (Å²) in [4.78, 5) is 4.99. The summed E-state index contributed by atoms with van der Waals surface area (Å²) in [5.74, 6) is 0. The van der Waals surface area contributed by atoms with E-state index in [9.17, 15) is 0 Å². The molecule has 0 aliphatic rings. The summed E-state index contributed by atoms with van der Waals surface area (Å²) in [6.07, 6.45) is 0. The van der Waals surface area contributed by atoms with E-state index in [2.05, 4.69) is 68.3 Å². The highest BCUT2D eigenvalue weighted by Crippen LogP contribution is 2.32. The SMILES string of the molecule is Brc1ccc(-c2ccc3c(-c4ccc(Br)cc4)nn(-c4ccccc4)c3n2)cc1. The van der Waals surface area contributed by atoms with Gasteiger partial charge in [-0.3, -0.25) is 0 Å². The molecule has 29 heavy (non-hydrogen) atoms. The van der Waals surface area contributed by atoms with Gasteiger partial charge in [0.25, 0.3) is 0 Å². The Labute approximate surface area is 185 Å². The zero-order valence-corrected chi connectivity index (χ0v) is 18.4. The number of benzene rings is 3. The Kier molecular flexibility index (Phi) is 4.78. The summed E-state index contributed by atoms with van der Waals surface area (Å²) in [6, 6.07) is 30.7. The van der Waals surface area contributed by atoms with E-state index in [0.717, 1.165) is 48.2 Å². The summed E-state index contributed by atoms with van der Waals surface area (Å²) in [7, 11) is 0. The van der Waals surface area contributed by atoms with E-state index in [1.54, 1.807) is 0 Å². The number of halogens is 2. The largest absolute Gasteiger partial charge is 0.228 e. The van der Waals surface area contributed by atoms with Crippen LogP contribution in [-0.2, 0) is 0 Å². The molecule has 0 atom stereocenters. The van der Waals surface area contributed by atoms with Crippen LogP contribution in [0.3, 0.4) is 0 Å². The summed E-state index contributed by atoms with van der Waals surface area (Å²) >= 11 is 7.01. The van der Waals surface area contributed by atoms with Crippen molar-refractivity contribution >= 4 is 42.9 Å². The predicted molar refractivity (Wildman–Crippen MR) is 125 cm³/mol. The van der Waals surface area contributed by atoms with Crippen molar-refractivity contribution in [3.05, 3.63) is 99.9 Å². The van der Waals surface area contributed by atoms with E-state index < -0.39 is 0 Å². The molecule has 2 aromatic heterocycles. The van der Waals surface area contributed by atoms with Crippen LogP contribution in [0.5, 0.6) is 0 Å². The molecule has 0 saturated heterocycles. The van der Waals surface area contributed by atoms with Crippen molar-refractivity contribution in [2.45, 2.75) is 0 Å². The second-order valence-electron chi connectivity index (χ2n) is 6.68. The monoisotopic (exact) mass is 503 g/mol. The molecule has 0 N–H and O–H groups in total. The van der Waals surface area contributed by atoms with Crippen LogP contribution in [0.25, 0.3) is 39.2 Å². The predicted octanol–water partition coefficient (Wildman–Crippen LogP) is 7.28. The Hall–Kier alpha value is -2.76. The Morgan fingerprint density at radius 3 is 1.90 bits per heavy atom. The third-order valence-electron chi connectivity index (χ3n) is 4.79. The van der Waals surface area contributed by atoms with Gasteiger partial charge in [-0.05, 0) is 48.5 Å². The minimum Gasteiger partial charge on any atom is -0.228 e. The highest BCUT2D eigenvalue weighted by atomic mass is 79.9. The molecule has 5 rings (SSSR count). The van der Waals surface area contributed by atoms with Crippen molar-refractivity contribution in [2.24, 2.45) is 0 Å². The third-order valence-corrected chi connectivity index (χ3v) is 5.85. The van der Waals surface area contributed by atoms with E-state index in [1.807, 2.05) is 59.3 Å². The summed E-state index contributed by atoms with van der Waals surface area (Å²) in [5.41, 5.74) is 5.80. The Morgan fingerprint density at radius 2 is 1.24 bits per heavy atom. The molecule has 5 aromatic rings. The van der Waals surface area contributed by atoms with Crippen LogP contribution in [0.2, 0.25) is 0 Å². The minimum atomic E-state index is 0.842. The number of hydrogen-bond acceptors (Lipinski definition) is 2. The molecular formula is C24H15Br2N3. The minimum absolute atomic E-state index is 0.842. The molecule has 0 spiro atoms. The lowest BCUT2D eigenvalue weighted by Gasteiger charge is -2.05. The van der Waals surface area contributed by atoms with Crippen molar-refractivity contribution in [3.8, 4) is 28.2 Å². The molecule has 0 amide bonds. The Morgan fingerprint density at radius 1 is 0.621 bits per heavy atom. The topological polar surface area (TPSA) is 30.7 Å². The van der Waals surface area contributed by atoms with E-state index in [4.69, 9.17) is 10.1 Å². The molecule has 0 radical (unpaired) electrons.